The van der Waals surface area contributed by atoms with Crippen molar-refractivity contribution in [1.29, 1.82) is 0 Å². The van der Waals surface area contributed by atoms with Crippen LogP contribution in [0.15, 0.2) is 51.4 Å². The second-order valence-corrected chi connectivity index (χ2v) is 6.77. The fourth-order valence-electron chi connectivity index (χ4n) is 2.39. The van der Waals surface area contributed by atoms with Gasteiger partial charge in [-0.1, -0.05) is 50.1 Å². The van der Waals surface area contributed by atoms with Gasteiger partial charge in [-0.25, -0.2) is 0 Å². The molecule has 1 N–H and O–H groups in total. The molecule has 0 saturated carbocycles. The smallest absolute Gasteiger partial charge is 0.122 e. The van der Waals surface area contributed by atoms with Gasteiger partial charge < -0.3 is 9.84 Å². The minimum atomic E-state index is 0.150. The van der Waals surface area contributed by atoms with Gasteiger partial charge >= 0.3 is 0 Å². The van der Waals surface area contributed by atoms with Crippen molar-refractivity contribution in [2.45, 2.75) is 12.8 Å². The Kier molecular flexibility index (Phi) is 6.27. The van der Waals surface area contributed by atoms with Crippen LogP contribution >= 0.6 is 31.9 Å². The van der Waals surface area contributed by atoms with Gasteiger partial charge in [-0.05, 0) is 54.2 Å². The first-order valence-electron chi connectivity index (χ1n) is 6.80. The minimum absolute atomic E-state index is 0.150. The molecule has 2 nitrogen and oxygen atoms in total. The highest BCUT2D eigenvalue weighted by atomic mass is 79.9. The van der Waals surface area contributed by atoms with E-state index in [1.807, 2.05) is 30.3 Å². The molecule has 0 fully saturated rings. The Morgan fingerprint density at radius 1 is 1.05 bits per heavy atom. The molecule has 0 amide bonds. The highest BCUT2D eigenvalue weighted by Crippen LogP contribution is 2.27. The molecule has 0 aromatic heterocycles. The second-order valence-electron chi connectivity index (χ2n) is 5.00. The quantitative estimate of drug-likeness (QED) is 0.748. The van der Waals surface area contributed by atoms with E-state index in [4.69, 9.17) is 4.74 Å². The Morgan fingerprint density at radius 3 is 2.43 bits per heavy atom. The van der Waals surface area contributed by atoms with E-state index in [9.17, 15) is 5.11 Å². The summed E-state index contributed by atoms with van der Waals surface area (Å²) >= 11 is 7.06. The molecule has 0 aliphatic carbocycles. The van der Waals surface area contributed by atoms with Crippen LogP contribution in [-0.4, -0.2) is 18.8 Å². The Bertz CT molecular complexity index is 599. The molecular weight excluding hydrogens is 396 g/mol. The maximum atomic E-state index is 9.70. The molecule has 2 rings (SSSR count). The number of aliphatic hydroxyl groups excluding tert-OH is 1. The first kappa shape index (κ1) is 16.5. The number of methoxy groups -OCH3 is 1. The van der Waals surface area contributed by atoms with Crippen LogP contribution in [0.25, 0.3) is 0 Å². The monoisotopic (exact) mass is 412 g/mol. The van der Waals surface area contributed by atoms with Crippen molar-refractivity contribution < 1.29 is 9.84 Å². The average molecular weight is 414 g/mol. The molecule has 0 aliphatic rings. The molecule has 0 heterocycles. The van der Waals surface area contributed by atoms with E-state index in [0.717, 1.165) is 33.1 Å². The van der Waals surface area contributed by atoms with Gasteiger partial charge in [0.05, 0.1) is 7.11 Å². The SMILES string of the molecule is COc1ccc(Br)cc1CC(CO)Cc1ccccc1Br. The Morgan fingerprint density at radius 2 is 1.76 bits per heavy atom. The maximum absolute atomic E-state index is 9.70. The van der Waals surface area contributed by atoms with Crippen LogP contribution in [0, 0.1) is 5.92 Å². The van der Waals surface area contributed by atoms with Gasteiger partial charge in [0.25, 0.3) is 0 Å². The maximum Gasteiger partial charge on any atom is 0.122 e. The fraction of sp³-hybridized carbons (Fsp3) is 0.294. The van der Waals surface area contributed by atoms with Crippen molar-refractivity contribution in [3.8, 4) is 5.75 Å². The fourth-order valence-corrected chi connectivity index (χ4v) is 3.25. The van der Waals surface area contributed by atoms with Crippen molar-refractivity contribution >= 4 is 31.9 Å². The predicted octanol–water partition coefficient (Wildman–Crippen LogP) is 4.61. The summed E-state index contributed by atoms with van der Waals surface area (Å²) in [5.74, 6) is 1.02. The van der Waals surface area contributed by atoms with Gasteiger partial charge in [-0.15, -0.1) is 0 Å². The standard InChI is InChI=1S/C17H18Br2O2/c1-21-17-7-6-15(18)10-14(17)9-12(11-20)8-13-4-2-3-5-16(13)19/h2-7,10,12,20H,8-9,11H2,1H3. The summed E-state index contributed by atoms with van der Waals surface area (Å²) in [7, 11) is 1.68. The lowest BCUT2D eigenvalue weighted by Gasteiger charge is -2.17. The van der Waals surface area contributed by atoms with Crippen LogP contribution in [-0.2, 0) is 12.8 Å². The molecule has 0 bridgehead atoms. The van der Waals surface area contributed by atoms with Crippen LogP contribution in [0.4, 0.5) is 0 Å². The molecule has 0 spiro atoms. The molecule has 2 aromatic carbocycles. The lowest BCUT2D eigenvalue weighted by Crippen LogP contribution is -2.14. The molecule has 0 saturated heterocycles. The Labute approximate surface area is 142 Å². The van der Waals surface area contributed by atoms with Gasteiger partial charge in [0.15, 0.2) is 0 Å². The second kappa shape index (κ2) is 7.97. The number of hydrogen-bond acceptors (Lipinski definition) is 2. The number of benzene rings is 2. The van der Waals surface area contributed by atoms with Gasteiger partial charge in [0.1, 0.15) is 5.75 Å². The highest BCUT2D eigenvalue weighted by Gasteiger charge is 2.14. The topological polar surface area (TPSA) is 29.5 Å². The summed E-state index contributed by atoms with van der Waals surface area (Å²) in [6.45, 7) is 0.150. The van der Waals surface area contributed by atoms with Gasteiger partial charge in [0.2, 0.25) is 0 Å². The van der Waals surface area contributed by atoms with E-state index in [1.165, 1.54) is 5.56 Å². The molecule has 2 aromatic rings. The zero-order valence-electron chi connectivity index (χ0n) is 11.9. The van der Waals surface area contributed by atoms with Crippen molar-refractivity contribution in [2.24, 2.45) is 5.92 Å². The number of ether oxygens (including phenoxy) is 1. The molecule has 21 heavy (non-hydrogen) atoms. The van der Waals surface area contributed by atoms with Crippen molar-refractivity contribution in [3.05, 3.63) is 62.5 Å². The Hall–Kier alpha value is -0.840. The molecule has 1 unspecified atom stereocenters. The molecule has 0 aliphatic heterocycles. The van der Waals surface area contributed by atoms with Gasteiger partial charge in [0, 0.05) is 15.6 Å². The minimum Gasteiger partial charge on any atom is -0.496 e. The number of aliphatic hydroxyl groups is 1. The first-order chi connectivity index (χ1) is 10.1. The van der Waals surface area contributed by atoms with Crippen LogP contribution < -0.4 is 4.74 Å². The predicted molar refractivity (Wildman–Crippen MR) is 92.8 cm³/mol. The number of rotatable bonds is 6. The largest absolute Gasteiger partial charge is 0.496 e. The first-order valence-corrected chi connectivity index (χ1v) is 8.39. The number of hydrogen-bond donors (Lipinski definition) is 1. The van der Waals surface area contributed by atoms with E-state index >= 15 is 0 Å². The third-order valence-electron chi connectivity index (χ3n) is 3.48. The highest BCUT2D eigenvalue weighted by molar-refractivity contribution is 9.10. The van der Waals surface area contributed by atoms with Gasteiger partial charge in [-0.3, -0.25) is 0 Å². The van der Waals surface area contributed by atoms with Crippen molar-refractivity contribution in [2.75, 3.05) is 13.7 Å². The normalized spacial score (nSPS) is 12.2. The summed E-state index contributed by atoms with van der Waals surface area (Å²) < 4.78 is 7.52. The average Bonchev–Trinajstić information content (AvgIpc) is 2.49. The van der Waals surface area contributed by atoms with Gasteiger partial charge in [-0.2, -0.15) is 0 Å². The molecule has 4 heteroatoms. The zero-order chi connectivity index (χ0) is 15.2. The van der Waals surface area contributed by atoms with Crippen LogP contribution in [0.5, 0.6) is 5.75 Å². The van der Waals surface area contributed by atoms with Crippen molar-refractivity contribution in [3.63, 3.8) is 0 Å². The summed E-state index contributed by atoms with van der Waals surface area (Å²) in [5, 5.41) is 9.70. The third-order valence-corrected chi connectivity index (χ3v) is 4.74. The van der Waals surface area contributed by atoms with Crippen LogP contribution in [0.2, 0.25) is 0 Å². The summed E-state index contributed by atoms with van der Waals surface area (Å²) in [4.78, 5) is 0. The van der Waals surface area contributed by atoms with E-state index in [0.29, 0.717) is 0 Å². The van der Waals surface area contributed by atoms with Crippen LogP contribution in [0.3, 0.4) is 0 Å². The van der Waals surface area contributed by atoms with E-state index in [1.54, 1.807) is 7.11 Å². The van der Waals surface area contributed by atoms with E-state index in [-0.39, 0.29) is 12.5 Å². The molecule has 112 valence electrons. The zero-order valence-corrected chi connectivity index (χ0v) is 15.0. The van der Waals surface area contributed by atoms with E-state index in [2.05, 4.69) is 44.0 Å². The molecular formula is C17H18Br2O2. The van der Waals surface area contributed by atoms with Crippen molar-refractivity contribution in [1.82, 2.24) is 0 Å². The third kappa shape index (κ3) is 4.56. The molecule has 0 radical (unpaired) electrons. The summed E-state index contributed by atoms with van der Waals surface area (Å²) in [5.41, 5.74) is 2.32. The number of halogens is 2. The van der Waals surface area contributed by atoms with Crippen LogP contribution in [0.1, 0.15) is 11.1 Å². The lowest BCUT2D eigenvalue weighted by molar-refractivity contribution is 0.224. The molecule has 1 atom stereocenters. The Balaban J connectivity index is 2.16. The summed E-state index contributed by atoms with van der Waals surface area (Å²) in [6.07, 6.45) is 1.61. The lowest BCUT2D eigenvalue weighted by atomic mass is 9.93. The van der Waals surface area contributed by atoms with E-state index < -0.39 is 0 Å². The summed E-state index contributed by atoms with van der Waals surface area (Å²) in [6, 6.07) is 14.1.